The predicted molar refractivity (Wildman–Crippen MR) is 119 cm³/mol. The standard InChI is InChI=1S/C24H28N2O5/c1-6-13-26-16(2)14-21(18(26)4)22(27)15-31-24(29)17(3)25-23(28)12-9-19-7-10-20(30-5)11-8-19/h6-12,14,17H,1,13,15H2,2-5H3,(H,25,28)/t17-/m0/s1. The molecule has 164 valence electrons. The molecule has 1 aromatic heterocycles. The Morgan fingerprint density at radius 2 is 1.87 bits per heavy atom. The summed E-state index contributed by atoms with van der Waals surface area (Å²) in [5.41, 5.74) is 3.04. The molecule has 0 radical (unpaired) electrons. The third kappa shape index (κ3) is 6.44. The van der Waals surface area contributed by atoms with Crippen LogP contribution in [0, 0.1) is 13.8 Å². The molecule has 0 aliphatic carbocycles. The summed E-state index contributed by atoms with van der Waals surface area (Å²) in [7, 11) is 1.58. The number of nitrogens with zero attached hydrogens (tertiary/aromatic N) is 1. The van der Waals surface area contributed by atoms with Crippen LogP contribution in [0.25, 0.3) is 6.08 Å². The Balaban J connectivity index is 1.87. The van der Waals surface area contributed by atoms with Crippen molar-refractivity contribution in [2.75, 3.05) is 13.7 Å². The molecule has 1 aromatic carbocycles. The molecule has 1 N–H and O–H groups in total. The number of hydrogen-bond donors (Lipinski definition) is 1. The molecular weight excluding hydrogens is 396 g/mol. The molecule has 7 nitrogen and oxygen atoms in total. The molecule has 1 heterocycles. The van der Waals surface area contributed by atoms with Crippen LogP contribution in [0.3, 0.4) is 0 Å². The van der Waals surface area contributed by atoms with Crippen LogP contribution in [0.15, 0.2) is 49.1 Å². The minimum Gasteiger partial charge on any atom is -0.497 e. The first-order valence-electron chi connectivity index (χ1n) is 9.87. The fourth-order valence-electron chi connectivity index (χ4n) is 3.04. The maximum atomic E-state index is 12.5. The highest BCUT2D eigenvalue weighted by atomic mass is 16.5. The van der Waals surface area contributed by atoms with Gasteiger partial charge in [0.15, 0.2) is 6.61 Å². The summed E-state index contributed by atoms with van der Waals surface area (Å²) in [5.74, 6) is -0.705. The Kier molecular flexibility index (Phi) is 8.37. The number of benzene rings is 1. The number of nitrogens with one attached hydrogen (secondary N) is 1. The minimum atomic E-state index is -0.894. The molecule has 0 unspecified atom stereocenters. The second-order valence-corrected chi connectivity index (χ2v) is 7.05. The van der Waals surface area contributed by atoms with Crippen LogP contribution in [-0.2, 0) is 20.9 Å². The summed E-state index contributed by atoms with van der Waals surface area (Å²) in [6.45, 7) is 9.16. The van der Waals surface area contributed by atoms with E-state index in [0.29, 0.717) is 12.1 Å². The van der Waals surface area contributed by atoms with E-state index in [1.165, 1.54) is 13.0 Å². The van der Waals surface area contributed by atoms with Crippen LogP contribution in [0.5, 0.6) is 5.75 Å². The average molecular weight is 424 g/mol. The van der Waals surface area contributed by atoms with E-state index in [1.54, 1.807) is 49.6 Å². The number of esters is 1. The number of carbonyl (C=O) groups is 3. The Hall–Kier alpha value is -3.61. The zero-order valence-corrected chi connectivity index (χ0v) is 18.3. The lowest BCUT2D eigenvalue weighted by molar-refractivity contribution is -0.145. The van der Waals surface area contributed by atoms with Crippen molar-refractivity contribution >= 4 is 23.7 Å². The van der Waals surface area contributed by atoms with Crippen molar-refractivity contribution in [2.45, 2.75) is 33.4 Å². The normalized spacial score (nSPS) is 11.7. The fraction of sp³-hybridized carbons (Fsp3) is 0.292. The maximum absolute atomic E-state index is 12.5. The third-order valence-electron chi connectivity index (χ3n) is 4.79. The van der Waals surface area contributed by atoms with E-state index in [2.05, 4.69) is 11.9 Å². The smallest absolute Gasteiger partial charge is 0.328 e. The summed E-state index contributed by atoms with van der Waals surface area (Å²) in [4.78, 5) is 36.7. The van der Waals surface area contributed by atoms with Crippen molar-refractivity contribution in [3.63, 3.8) is 0 Å². The molecule has 0 saturated heterocycles. The van der Waals surface area contributed by atoms with E-state index in [-0.39, 0.29) is 12.4 Å². The van der Waals surface area contributed by atoms with Gasteiger partial charge in [0.1, 0.15) is 11.8 Å². The number of allylic oxidation sites excluding steroid dienone is 1. The molecule has 0 fully saturated rings. The molecule has 0 bridgehead atoms. The first-order chi connectivity index (χ1) is 14.8. The number of aromatic nitrogens is 1. The van der Waals surface area contributed by atoms with Gasteiger partial charge in [-0.25, -0.2) is 4.79 Å². The number of hydrogen-bond acceptors (Lipinski definition) is 5. The van der Waals surface area contributed by atoms with Crippen LogP contribution in [-0.4, -0.2) is 42.0 Å². The van der Waals surface area contributed by atoms with Crippen molar-refractivity contribution < 1.29 is 23.9 Å². The molecule has 0 aliphatic heterocycles. The van der Waals surface area contributed by atoms with Crippen LogP contribution in [0.4, 0.5) is 0 Å². The molecule has 31 heavy (non-hydrogen) atoms. The second kappa shape index (κ2) is 11.0. The van der Waals surface area contributed by atoms with Crippen LogP contribution >= 0.6 is 0 Å². The quantitative estimate of drug-likeness (QED) is 0.274. The van der Waals surface area contributed by atoms with Gasteiger partial charge in [-0.05, 0) is 50.6 Å². The predicted octanol–water partition coefficient (Wildman–Crippen LogP) is 3.24. The molecule has 0 saturated carbocycles. The molecule has 2 rings (SSSR count). The highest BCUT2D eigenvalue weighted by molar-refractivity contribution is 6.00. The topological polar surface area (TPSA) is 86.6 Å². The van der Waals surface area contributed by atoms with Crippen molar-refractivity contribution in [3.8, 4) is 5.75 Å². The number of carbonyl (C=O) groups excluding carboxylic acids is 3. The number of ether oxygens (including phenoxy) is 2. The van der Waals surface area contributed by atoms with Crippen molar-refractivity contribution in [1.29, 1.82) is 0 Å². The number of Topliss-reactive ketones (excluding diaryl/α,β-unsaturated/α-hetero) is 1. The zero-order valence-electron chi connectivity index (χ0n) is 18.3. The molecule has 2 aromatic rings. The number of amides is 1. The summed E-state index contributed by atoms with van der Waals surface area (Å²) < 4.78 is 12.1. The van der Waals surface area contributed by atoms with Gasteiger partial charge in [0.2, 0.25) is 11.7 Å². The number of rotatable bonds is 10. The van der Waals surface area contributed by atoms with Crippen LogP contribution in [0.1, 0.15) is 34.2 Å². The molecule has 0 spiro atoms. The van der Waals surface area contributed by atoms with E-state index in [4.69, 9.17) is 9.47 Å². The van der Waals surface area contributed by atoms with E-state index in [9.17, 15) is 14.4 Å². The van der Waals surface area contributed by atoms with Crippen LogP contribution < -0.4 is 10.1 Å². The Morgan fingerprint density at radius 3 is 2.48 bits per heavy atom. The highest BCUT2D eigenvalue weighted by Crippen LogP contribution is 2.16. The minimum absolute atomic E-state index is 0.297. The summed E-state index contributed by atoms with van der Waals surface area (Å²) in [6, 6.07) is 8.04. The highest BCUT2D eigenvalue weighted by Gasteiger charge is 2.20. The monoisotopic (exact) mass is 424 g/mol. The SMILES string of the molecule is C=CCn1c(C)cc(C(=O)COC(=O)[C@H](C)NC(=O)C=Cc2ccc(OC)cc2)c1C. The molecule has 7 heteroatoms. The number of methoxy groups -OCH3 is 1. The Morgan fingerprint density at radius 1 is 1.19 bits per heavy atom. The number of aryl methyl sites for hydroxylation is 1. The summed E-state index contributed by atoms with van der Waals surface area (Å²) in [5, 5.41) is 2.53. The van der Waals surface area contributed by atoms with Gasteiger partial charge < -0.3 is 19.4 Å². The van der Waals surface area contributed by atoms with E-state index in [1.807, 2.05) is 18.4 Å². The molecular formula is C24H28N2O5. The Bertz CT molecular complexity index is 986. The van der Waals surface area contributed by atoms with Gasteiger partial charge in [-0.2, -0.15) is 0 Å². The van der Waals surface area contributed by atoms with Gasteiger partial charge in [0, 0.05) is 29.6 Å². The van der Waals surface area contributed by atoms with Crippen molar-refractivity contribution in [1.82, 2.24) is 9.88 Å². The van der Waals surface area contributed by atoms with Crippen molar-refractivity contribution in [2.24, 2.45) is 0 Å². The first-order valence-corrected chi connectivity index (χ1v) is 9.87. The number of ketones is 1. The lowest BCUT2D eigenvalue weighted by Gasteiger charge is -2.12. The van der Waals surface area contributed by atoms with Gasteiger partial charge in [-0.1, -0.05) is 18.2 Å². The third-order valence-corrected chi connectivity index (χ3v) is 4.79. The van der Waals surface area contributed by atoms with Gasteiger partial charge in [0.25, 0.3) is 0 Å². The summed E-state index contributed by atoms with van der Waals surface area (Å²) >= 11 is 0. The van der Waals surface area contributed by atoms with Gasteiger partial charge in [0.05, 0.1) is 7.11 Å². The van der Waals surface area contributed by atoms with Gasteiger partial charge >= 0.3 is 5.97 Å². The molecule has 1 amide bonds. The second-order valence-electron chi connectivity index (χ2n) is 7.05. The maximum Gasteiger partial charge on any atom is 0.328 e. The van der Waals surface area contributed by atoms with E-state index < -0.39 is 17.9 Å². The average Bonchev–Trinajstić information content (AvgIpc) is 3.04. The fourth-order valence-corrected chi connectivity index (χ4v) is 3.04. The lowest BCUT2D eigenvalue weighted by Crippen LogP contribution is -2.39. The van der Waals surface area contributed by atoms with Crippen LogP contribution in [0.2, 0.25) is 0 Å². The van der Waals surface area contributed by atoms with E-state index in [0.717, 1.165) is 22.7 Å². The molecule has 1 atom stereocenters. The summed E-state index contributed by atoms with van der Waals surface area (Å²) in [6.07, 6.45) is 4.70. The Labute approximate surface area is 182 Å². The van der Waals surface area contributed by atoms with Gasteiger partial charge in [-0.15, -0.1) is 6.58 Å². The lowest BCUT2D eigenvalue weighted by atomic mass is 10.1. The van der Waals surface area contributed by atoms with Gasteiger partial charge in [-0.3, -0.25) is 9.59 Å². The first kappa shape index (κ1) is 23.7. The molecule has 0 aliphatic rings. The van der Waals surface area contributed by atoms with E-state index >= 15 is 0 Å². The zero-order chi connectivity index (χ0) is 23.0. The largest absolute Gasteiger partial charge is 0.497 e. The van der Waals surface area contributed by atoms with Crippen molar-refractivity contribution in [3.05, 3.63) is 71.6 Å².